The van der Waals surface area contributed by atoms with Crippen LogP contribution in [0.3, 0.4) is 0 Å². The number of nitrogens with zero attached hydrogens (tertiary/aromatic N) is 4. The van der Waals surface area contributed by atoms with Gasteiger partial charge in [0.2, 0.25) is 0 Å². The molecule has 9 nitrogen and oxygen atoms in total. The number of pyridine rings is 1. The summed E-state index contributed by atoms with van der Waals surface area (Å²) in [5.74, 6) is 1.51. The zero-order valence-corrected chi connectivity index (χ0v) is 15.7. The number of hydrogen-bond donors (Lipinski definition) is 2. The van der Waals surface area contributed by atoms with Crippen molar-refractivity contribution in [3.8, 4) is 17.3 Å². The average molecular weight is 392 g/mol. The third-order valence-corrected chi connectivity index (χ3v) is 5.10. The van der Waals surface area contributed by atoms with E-state index in [0.717, 1.165) is 37.0 Å². The molecule has 148 valence electrons. The maximum Gasteiger partial charge on any atom is 0.319 e. The van der Waals surface area contributed by atoms with Gasteiger partial charge in [-0.25, -0.2) is 19.4 Å². The van der Waals surface area contributed by atoms with Gasteiger partial charge in [-0.15, -0.1) is 0 Å². The monoisotopic (exact) mass is 392 g/mol. The molecule has 2 aliphatic rings. The maximum absolute atomic E-state index is 12.4. The minimum Gasteiger partial charge on any atom is -0.448 e. The zero-order chi connectivity index (χ0) is 19.7. The van der Waals surface area contributed by atoms with E-state index >= 15 is 0 Å². The molecule has 2 amide bonds. The number of aromatic nitrogens is 4. The van der Waals surface area contributed by atoms with Gasteiger partial charge in [0.25, 0.3) is 5.79 Å². The molecule has 1 aromatic carbocycles. The van der Waals surface area contributed by atoms with Crippen LogP contribution in [0.25, 0.3) is 5.82 Å². The van der Waals surface area contributed by atoms with Crippen molar-refractivity contribution in [1.29, 1.82) is 0 Å². The van der Waals surface area contributed by atoms with Crippen molar-refractivity contribution >= 4 is 11.7 Å². The van der Waals surface area contributed by atoms with Crippen LogP contribution < -0.4 is 20.1 Å². The van der Waals surface area contributed by atoms with Crippen molar-refractivity contribution < 1.29 is 14.3 Å². The molecule has 1 fully saturated rings. The van der Waals surface area contributed by atoms with Crippen LogP contribution in [0.4, 0.5) is 10.5 Å². The lowest BCUT2D eigenvalue weighted by atomic mass is 10.2. The molecule has 0 saturated heterocycles. The van der Waals surface area contributed by atoms with Crippen LogP contribution in [-0.4, -0.2) is 31.6 Å². The topological polar surface area (TPSA) is 103 Å². The van der Waals surface area contributed by atoms with Gasteiger partial charge < -0.3 is 20.1 Å². The summed E-state index contributed by atoms with van der Waals surface area (Å²) < 4.78 is 13.6. The van der Waals surface area contributed by atoms with E-state index in [1.807, 2.05) is 18.2 Å². The molecule has 2 aromatic heterocycles. The highest BCUT2D eigenvalue weighted by Crippen LogP contribution is 2.47. The van der Waals surface area contributed by atoms with Crippen LogP contribution in [0.1, 0.15) is 31.2 Å². The fraction of sp³-hybridized carbons (Fsp3) is 0.300. The summed E-state index contributed by atoms with van der Waals surface area (Å²) >= 11 is 0. The Balaban J connectivity index is 1.23. The first-order valence-corrected chi connectivity index (χ1v) is 9.57. The summed E-state index contributed by atoms with van der Waals surface area (Å²) in [4.78, 5) is 20.6. The molecular formula is C20H20N6O3. The fourth-order valence-corrected chi connectivity index (χ4v) is 3.73. The molecule has 9 heteroatoms. The second-order valence-electron chi connectivity index (χ2n) is 7.12. The van der Waals surface area contributed by atoms with E-state index in [9.17, 15) is 4.79 Å². The minimum atomic E-state index is -0.513. The molecule has 0 unspecified atom stereocenters. The number of carbonyl (C=O) groups excluding carboxylic acids is 1. The molecular weight excluding hydrogens is 372 g/mol. The summed E-state index contributed by atoms with van der Waals surface area (Å²) in [7, 11) is 0. The highest BCUT2D eigenvalue weighted by atomic mass is 16.7. The molecule has 1 spiro atoms. The first-order valence-electron chi connectivity index (χ1n) is 9.57. The minimum absolute atomic E-state index is 0.294. The Bertz CT molecular complexity index is 1030. The summed E-state index contributed by atoms with van der Waals surface area (Å²) in [5, 5.41) is 9.77. The van der Waals surface area contributed by atoms with Crippen LogP contribution in [0.2, 0.25) is 0 Å². The lowest BCUT2D eigenvalue weighted by Gasteiger charge is -2.21. The van der Waals surface area contributed by atoms with Crippen molar-refractivity contribution in [2.75, 3.05) is 5.32 Å². The van der Waals surface area contributed by atoms with E-state index in [1.165, 1.54) is 6.33 Å². The SMILES string of the molecule is O=C(NCc1cccnc1-n1cncn1)Nc1ccc2c(c1)OC1(CCCC1)O2. The number of amides is 2. The first-order chi connectivity index (χ1) is 14.2. The summed E-state index contributed by atoms with van der Waals surface area (Å²) in [6.45, 7) is 0.294. The average Bonchev–Trinajstić information content (AvgIpc) is 3.48. The molecule has 0 bridgehead atoms. The Kier molecular flexibility index (Phi) is 4.27. The normalized spacial score (nSPS) is 16.1. The van der Waals surface area contributed by atoms with Gasteiger partial charge in [0.15, 0.2) is 17.3 Å². The van der Waals surface area contributed by atoms with Crippen LogP contribution in [-0.2, 0) is 6.54 Å². The Hall–Kier alpha value is -3.62. The number of rotatable bonds is 4. The van der Waals surface area contributed by atoms with Gasteiger partial charge in [-0.05, 0) is 31.0 Å². The van der Waals surface area contributed by atoms with Gasteiger partial charge in [-0.2, -0.15) is 5.10 Å². The second-order valence-corrected chi connectivity index (χ2v) is 7.12. The predicted molar refractivity (Wildman–Crippen MR) is 104 cm³/mol. The fourth-order valence-electron chi connectivity index (χ4n) is 3.73. The van der Waals surface area contributed by atoms with E-state index in [0.29, 0.717) is 23.8 Å². The quantitative estimate of drug-likeness (QED) is 0.707. The van der Waals surface area contributed by atoms with E-state index < -0.39 is 5.79 Å². The number of ether oxygens (including phenoxy) is 2. The molecule has 3 aromatic rings. The second kappa shape index (κ2) is 7.08. The molecule has 5 rings (SSSR count). The number of nitrogens with one attached hydrogen (secondary N) is 2. The molecule has 29 heavy (non-hydrogen) atoms. The van der Waals surface area contributed by atoms with Crippen molar-refractivity contribution in [3.05, 3.63) is 54.7 Å². The standard InChI is InChI=1S/C20H20N6O3/c27-19(23-11-14-4-3-9-22-18(14)26-13-21-12-24-26)25-15-5-6-16-17(10-15)29-20(28-16)7-1-2-8-20/h3-6,9-10,12-13H,1-2,7-8,11H2,(H2,23,25,27). The smallest absolute Gasteiger partial charge is 0.319 e. The lowest BCUT2D eigenvalue weighted by molar-refractivity contribution is -0.0716. The van der Waals surface area contributed by atoms with E-state index in [-0.39, 0.29) is 6.03 Å². The van der Waals surface area contributed by atoms with Crippen molar-refractivity contribution in [1.82, 2.24) is 25.1 Å². The van der Waals surface area contributed by atoms with Crippen molar-refractivity contribution in [2.45, 2.75) is 38.0 Å². The molecule has 2 N–H and O–H groups in total. The Morgan fingerprint density at radius 1 is 1.17 bits per heavy atom. The third kappa shape index (κ3) is 3.46. The van der Waals surface area contributed by atoms with Crippen LogP contribution in [0.15, 0.2) is 49.2 Å². The number of carbonyl (C=O) groups is 1. The summed E-state index contributed by atoms with van der Waals surface area (Å²) in [5.41, 5.74) is 1.46. The van der Waals surface area contributed by atoms with Crippen LogP contribution in [0, 0.1) is 0 Å². The van der Waals surface area contributed by atoms with Crippen LogP contribution >= 0.6 is 0 Å². The Morgan fingerprint density at radius 3 is 2.86 bits per heavy atom. The van der Waals surface area contributed by atoms with Crippen molar-refractivity contribution in [2.24, 2.45) is 0 Å². The van der Waals surface area contributed by atoms with E-state index in [1.54, 1.807) is 29.3 Å². The van der Waals surface area contributed by atoms with Crippen LogP contribution in [0.5, 0.6) is 11.5 Å². The number of hydrogen-bond acceptors (Lipinski definition) is 6. The van der Waals surface area contributed by atoms with Gasteiger partial charge in [0, 0.05) is 42.9 Å². The molecule has 1 saturated carbocycles. The number of fused-ring (bicyclic) bond motifs is 1. The first kappa shape index (κ1) is 17.5. The number of urea groups is 1. The molecule has 3 heterocycles. The largest absolute Gasteiger partial charge is 0.448 e. The van der Waals surface area contributed by atoms with Gasteiger partial charge in [-0.3, -0.25) is 0 Å². The van der Waals surface area contributed by atoms with Gasteiger partial charge in [-0.1, -0.05) is 6.07 Å². The van der Waals surface area contributed by atoms with E-state index in [2.05, 4.69) is 25.7 Å². The molecule has 1 aliphatic carbocycles. The highest BCUT2D eigenvalue weighted by molar-refractivity contribution is 5.89. The molecule has 0 atom stereocenters. The number of anilines is 1. The Morgan fingerprint density at radius 2 is 2.03 bits per heavy atom. The van der Waals surface area contributed by atoms with Crippen molar-refractivity contribution in [3.63, 3.8) is 0 Å². The van der Waals surface area contributed by atoms with E-state index in [4.69, 9.17) is 9.47 Å². The zero-order valence-electron chi connectivity index (χ0n) is 15.7. The molecule has 0 radical (unpaired) electrons. The Labute approximate surface area is 167 Å². The third-order valence-electron chi connectivity index (χ3n) is 5.10. The highest BCUT2D eigenvalue weighted by Gasteiger charge is 2.44. The predicted octanol–water partition coefficient (Wildman–Crippen LogP) is 3.03. The summed E-state index contributed by atoms with van der Waals surface area (Å²) in [6, 6.07) is 8.81. The van der Waals surface area contributed by atoms with Gasteiger partial charge >= 0.3 is 6.03 Å². The maximum atomic E-state index is 12.4. The van der Waals surface area contributed by atoms with Gasteiger partial charge in [0.1, 0.15) is 12.7 Å². The lowest BCUT2D eigenvalue weighted by Crippen LogP contribution is -2.34. The molecule has 1 aliphatic heterocycles. The summed E-state index contributed by atoms with van der Waals surface area (Å²) in [6.07, 6.45) is 8.67. The van der Waals surface area contributed by atoms with Gasteiger partial charge in [0.05, 0.1) is 0 Å². The number of benzene rings is 1.